The van der Waals surface area contributed by atoms with Crippen molar-refractivity contribution >= 4 is 6.03 Å². The summed E-state index contributed by atoms with van der Waals surface area (Å²) >= 11 is 0. The molecule has 2 aromatic carbocycles. The molecule has 26 heavy (non-hydrogen) atoms. The number of amides is 2. The maximum atomic E-state index is 12.6. The average molecular weight is 356 g/mol. The number of urea groups is 1. The van der Waals surface area contributed by atoms with Crippen molar-refractivity contribution in [2.45, 2.75) is 26.4 Å². The third-order valence-electron chi connectivity index (χ3n) is 4.35. The number of hydrogen-bond acceptors (Lipinski definition) is 3. The molecule has 0 heterocycles. The van der Waals surface area contributed by atoms with Crippen LogP contribution in [0.4, 0.5) is 4.79 Å². The predicted octanol–water partition coefficient (Wildman–Crippen LogP) is 4.24. The molecule has 0 unspecified atom stereocenters. The highest BCUT2D eigenvalue weighted by Gasteiger charge is 2.20. The van der Waals surface area contributed by atoms with Gasteiger partial charge < -0.3 is 19.7 Å². The van der Waals surface area contributed by atoms with Crippen LogP contribution in [0.5, 0.6) is 11.5 Å². The van der Waals surface area contributed by atoms with Gasteiger partial charge in [-0.15, -0.1) is 0 Å². The standard InChI is InChI=1S/C21H28N2O3/c1-15(2)20(17-8-12-19(26-5)13-9-17)22-21(24)23(3)14-16-6-10-18(25-4)11-7-16/h6-13,15,20H,14H2,1-5H3,(H,22,24)/t20-/m0/s1. The van der Waals surface area contributed by atoms with Gasteiger partial charge in [0.15, 0.2) is 0 Å². The topological polar surface area (TPSA) is 50.8 Å². The van der Waals surface area contributed by atoms with Crippen LogP contribution >= 0.6 is 0 Å². The van der Waals surface area contributed by atoms with E-state index in [9.17, 15) is 4.79 Å². The molecule has 0 spiro atoms. The summed E-state index contributed by atoms with van der Waals surface area (Å²) in [7, 11) is 5.08. The number of hydrogen-bond donors (Lipinski definition) is 1. The second-order valence-electron chi connectivity index (χ2n) is 6.65. The van der Waals surface area contributed by atoms with Crippen molar-refractivity contribution in [2.75, 3.05) is 21.3 Å². The van der Waals surface area contributed by atoms with Gasteiger partial charge in [0.1, 0.15) is 11.5 Å². The molecule has 2 amide bonds. The summed E-state index contributed by atoms with van der Waals surface area (Å²) in [4.78, 5) is 14.3. The molecule has 0 bridgehead atoms. The van der Waals surface area contributed by atoms with Crippen molar-refractivity contribution in [1.29, 1.82) is 0 Å². The first-order chi connectivity index (χ1) is 12.4. The smallest absolute Gasteiger partial charge is 0.317 e. The number of nitrogens with zero attached hydrogens (tertiary/aromatic N) is 1. The molecular formula is C21H28N2O3. The Bertz CT molecular complexity index is 696. The van der Waals surface area contributed by atoms with Crippen LogP contribution < -0.4 is 14.8 Å². The quantitative estimate of drug-likeness (QED) is 0.807. The number of carbonyl (C=O) groups is 1. The number of carbonyl (C=O) groups excluding carboxylic acids is 1. The molecule has 5 nitrogen and oxygen atoms in total. The lowest BCUT2D eigenvalue weighted by Gasteiger charge is -2.26. The second-order valence-corrected chi connectivity index (χ2v) is 6.65. The van der Waals surface area contributed by atoms with E-state index in [4.69, 9.17) is 9.47 Å². The Morgan fingerprint density at radius 3 is 1.92 bits per heavy atom. The van der Waals surface area contributed by atoms with Crippen LogP contribution in [0.25, 0.3) is 0 Å². The summed E-state index contributed by atoms with van der Waals surface area (Å²) in [5.41, 5.74) is 2.11. The van der Waals surface area contributed by atoms with Crippen LogP contribution in [0.2, 0.25) is 0 Å². The fraction of sp³-hybridized carbons (Fsp3) is 0.381. The third-order valence-corrected chi connectivity index (χ3v) is 4.35. The first kappa shape index (κ1) is 19.6. The van der Waals surface area contributed by atoms with E-state index in [1.807, 2.05) is 48.5 Å². The minimum atomic E-state index is -0.102. The van der Waals surface area contributed by atoms with E-state index >= 15 is 0 Å². The zero-order valence-corrected chi connectivity index (χ0v) is 16.2. The summed E-state index contributed by atoms with van der Waals surface area (Å²) in [6.07, 6.45) is 0. The Kier molecular flexibility index (Phi) is 6.89. The lowest BCUT2D eigenvalue weighted by molar-refractivity contribution is 0.199. The SMILES string of the molecule is COc1ccc(CN(C)C(=O)N[C@H](c2ccc(OC)cc2)C(C)C)cc1. The van der Waals surface area contributed by atoms with Gasteiger partial charge in [-0.2, -0.15) is 0 Å². The van der Waals surface area contributed by atoms with Crippen LogP contribution in [0, 0.1) is 5.92 Å². The van der Waals surface area contributed by atoms with Gasteiger partial charge in [-0.1, -0.05) is 38.1 Å². The zero-order valence-electron chi connectivity index (χ0n) is 16.2. The average Bonchev–Trinajstić information content (AvgIpc) is 2.66. The highest BCUT2D eigenvalue weighted by Crippen LogP contribution is 2.24. The van der Waals surface area contributed by atoms with Gasteiger partial charge in [0.05, 0.1) is 20.3 Å². The first-order valence-corrected chi connectivity index (χ1v) is 8.73. The molecule has 0 aliphatic carbocycles. The van der Waals surface area contributed by atoms with Crippen LogP contribution in [0.1, 0.15) is 31.0 Å². The number of rotatable bonds is 7. The maximum Gasteiger partial charge on any atom is 0.317 e. The fourth-order valence-electron chi connectivity index (χ4n) is 2.77. The minimum absolute atomic E-state index is 0.0632. The molecule has 0 radical (unpaired) electrons. The molecule has 0 aliphatic rings. The number of ether oxygens (including phenoxy) is 2. The van der Waals surface area contributed by atoms with Gasteiger partial charge >= 0.3 is 6.03 Å². The van der Waals surface area contributed by atoms with E-state index < -0.39 is 0 Å². The van der Waals surface area contributed by atoms with E-state index in [0.29, 0.717) is 6.54 Å². The van der Waals surface area contributed by atoms with Gasteiger partial charge in [0, 0.05) is 13.6 Å². The Labute approximate surface area is 155 Å². The molecule has 1 atom stereocenters. The molecule has 0 aliphatic heterocycles. The van der Waals surface area contributed by atoms with Crippen LogP contribution in [0.15, 0.2) is 48.5 Å². The van der Waals surface area contributed by atoms with E-state index in [-0.39, 0.29) is 18.0 Å². The summed E-state index contributed by atoms with van der Waals surface area (Å²) in [5.74, 6) is 1.88. The second kappa shape index (κ2) is 9.13. The van der Waals surface area contributed by atoms with Crippen LogP contribution in [0.3, 0.4) is 0 Å². The Morgan fingerprint density at radius 1 is 0.962 bits per heavy atom. The van der Waals surface area contributed by atoms with E-state index in [1.54, 1.807) is 26.2 Å². The van der Waals surface area contributed by atoms with Crippen molar-refractivity contribution in [3.8, 4) is 11.5 Å². The summed E-state index contributed by atoms with van der Waals surface area (Å²) in [6, 6.07) is 15.4. The highest BCUT2D eigenvalue weighted by molar-refractivity contribution is 5.74. The lowest BCUT2D eigenvalue weighted by atomic mass is 9.96. The minimum Gasteiger partial charge on any atom is -0.497 e. The third kappa shape index (κ3) is 5.15. The Morgan fingerprint density at radius 2 is 1.46 bits per heavy atom. The Hall–Kier alpha value is -2.69. The summed E-state index contributed by atoms with van der Waals surface area (Å²) in [5, 5.41) is 3.13. The molecule has 0 fully saturated rings. The van der Waals surface area contributed by atoms with Crippen molar-refractivity contribution in [2.24, 2.45) is 5.92 Å². The molecule has 2 aromatic rings. The number of nitrogens with one attached hydrogen (secondary N) is 1. The summed E-state index contributed by atoms with van der Waals surface area (Å²) in [6.45, 7) is 4.72. The molecular weight excluding hydrogens is 328 g/mol. The molecule has 0 saturated carbocycles. The molecule has 0 saturated heterocycles. The fourth-order valence-corrected chi connectivity index (χ4v) is 2.77. The maximum absolute atomic E-state index is 12.6. The Balaban J connectivity index is 2.03. The van der Waals surface area contributed by atoms with Crippen molar-refractivity contribution < 1.29 is 14.3 Å². The van der Waals surface area contributed by atoms with Gasteiger partial charge in [-0.25, -0.2) is 4.79 Å². The van der Waals surface area contributed by atoms with Crippen molar-refractivity contribution in [3.05, 3.63) is 59.7 Å². The molecule has 140 valence electrons. The van der Waals surface area contributed by atoms with E-state index in [0.717, 1.165) is 22.6 Å². The number of benzene rings is 2. The first-order valence-electron chi connectivity index (χ1n) is 8.73. The summed E-state index contributed by atoms with van der Waals surface area (Å²) < 4.78 is 10.4. The van der Waals surface area contributed by atoms with Crippen molar-refractivity contribution in [3.63, 3.8) is 0 Å². The van der Waals surface area contributed by atoms with Crippen LogP contribution in [-0.4, -0.2) is 32.2 Å². The van der Waals surface area contributed by atoms with Gasteiger partial charge in [0.2, 0.25) is 0 Å². The van der Waals surface area contributed by atoms with E-state index in [1.165, 1.54) is 0 Å². The molecule has 2 rings (SSSR count). The van der Waals surface area contributed by atoms with Gasteiger partial charge in [-0.3, -0.25) is 0 Å². The number of methoxy groups -OCH3 is 2. The van der Waals surface area contributed by atoms with E-state index in [2.05, 4.69) is 19.2 Å². The highest BCUT2D eigenvalue weighted by atomic mass is 16.5. The lowest BCUT2D eigenvalue weighted by Crippen LogP contribution is -2.40. The van der Waals surface area contributed by atoms with Gasteiger partial charge in [-0.05, 0) is 41.3 Å². The van der Waals surface area contributed by atoms with Crippen LogP contribution in [-0.2, 0) is 6.54 Å². The van der Waals surface area contributed by atoms with Crippen molar-refractivity contribution in [1.82, 2.24) is 10.2 Å². The zero-order chi connectivity index (χ0) is 19.1. The molecule has 0 aromatic heterocycles. The monoisotopic (exact) mass is 356 g/mol. The molecule has 1 N–H and O–H groups in total. The normalized spacial score (nSPS) is 11.8. The largest absolute Gasteiger partial charge is 0.497 e. The van der Waals surface area contributed by atoms with Gasteiger partial charge in [0.25, 0.3) is 0 Å². The molecule has 5 heteroatoms. The predicted molar refractivity (Wildman–Crippen MR) is 104 cm³/mol.